The van der Waals surface area contributed by atoms with Crippen molar-refractivity contribution in [2.24, 2.45) is 0 Å². The molecule has 0 amide bonds. The molecule has 1 fully saturated rings. The minimum Gasteiger partial charge on any atom is -0.475 e. The maximum atomic E-state index is 10.8. The summed E-state index contributed by atoms with van der Waals surface area (Å²) >= 11 is 0. The average Bonchev–Trinajstić information content (AvgIpc) is 2.98. The molecule has 0 unspecified atom stereocenters. The summed E-state index contributed by atoms with van der Waals surface area (Å²) in [6.07, 6.45) is 6.53. The summed E-state index contributed by atoms with van der Waals surface area (Å²) in [5, 5.41) is 12.6. The Morgan fingerprint density at radius 2 is 1.85 bits per heavy atom. The minimum atomic E-state index is -1.09. The van der Waals surface area contributed by atoms with Crippen LogP contribution in [0.1, 0.15) is 54.1 Å². The summed E-state index contributed by atoms with van der Waals surface area (Å²) in [6, 6.07) is 9.69. The van der Waals surface area contributed by atoms with Crippen LogP contribution in [0.5, 0.6) is 0 Å². The van der Waals surface area contributed by atoms with E-state index < -0.39 is 5.97 Å². The lowest BCUT2D eigenvalue weighted by molar-refractivity contribution is 0.0652. The Morgan fingerprint density at radius 1 is 1.15 bits per heavy atom. The van der Waals surface area contributed by atoms with Crippen LogP contribution in [0.15, 0.2) is 34.9 Å². The van der Waals surface area contributed by atoms with Crippen LogP contribution in [0.3, 0.4) is 0 Å². The Kier molecular flexibility index (Phi) is 3.54. The summed E-state index contributed by atoms with van der Waals surface area (Å²) in [7, 11) is 0. The van der Waals surface area contributed by atoms with Crippen molar-refractivity contribution in [1.82, 2.24) is 5.16 Å². The van der Waals surface area contributed by atoms with Crippen LogP contribution < -0.4 is 0 Å². The molecule has 1 heterocycles. The van der Waals surface area contributed by atoms with E-state index in [1.807, 2.05) is 12.1 Å². The second-order valence-corrected chi connectivity index (χ2v) is 5.34. The van der Waals surface area contributed by atoms with Crippen molar-refractivity contribution in [1.29, 1.82) is 0 Å². The lowest BCUT2D eigenvalue weighted by Gasteiger charge is -2.21. The fourth-order valence-corrected chi connectivity index (χ4v) is 2.87. The Labute approximate surface area is 117 Å². The summed E-state index contributed by atoms with van der Waals surface area (Å²) in [4.78, 5) is 10.8. The number of aromatic nitrogens is 1. The van der Waals surface area contributed by atoms with E-state index in [1.54, 1.807) is 0 Å². The fourth-order valence-electron chi connectivity index (χ4n) is 2.87. The summed E-state index contributed by atoms with van der Waals surface area (Å²) in [5.74, 6) is -0.552. The molecule has 4 nitrogen and oxygen atoms in total. The normalized spacial score (nSPS) is 16.2. The first-order valence-corrected chi connectivity index (χ1v) is 7.04. The van der Waals surface area contributed by atoms with E-state index in [2.05, 4.69) is 17.3 Å². The zero-order valence-corrected chi connectivity index (χ0v) is 11.2. The predicted octanol–water partition coefficient (Wildman–Crippen LogP) is 4.09. The lowest BCUT2D eigenvalue weighted by atomic mass is 9.84. The number of carboxylic acid groups (broad SMARTS) is 1. The number of carbonyl (C=O) groups is 1. The van der Waals surface area contributed by atoms with E-state index in [4.69, 9.17) is 9.63 Å². The van der Waals surface area contributed by atoms with Gasteiger partial charge >= 0.3 is 5.97 Å². The first-order valence-electron chi connectivity index (χ1n) is 7.04. The molecule has 1 saturated carbocycles. The van der Waals surface area contributed by atoms with Crippen LogP contribution >= 0.6 is 0 Å². The van der Waals surface area contributed by atoms with Gasteiger partial charge in [0.2, 0.25) is 5.76 Å². The van der Waals surface area contributed by atoms with Gasteiger partial charge in [0.1, 0.15) is 5.69 Å². The number of aromatic carboxylic acids is 1. The predicted molar refractivity (Wildman–Crippen MR) is 74.7 cm³/mol. The maximum absolute atomic E-state index is 10.8. The van der Waals surface area contributed by atoms with E-state index in [0.29, 0.717) is 11.6 Å². The highest BCUT2D eigenvalue weighted by atomic mass is 16.5. The molecule has 1 aromatic heterocycles. The fraction of sp³-hybridized carbons (Fsp3) is 0.375. The summed E-state index contributed by atoms with van der Waals surface area (Å²) < 4.78 is 4.78. The van der Waals surface area contributed by atoms with Gasteiger partial charge in [-0.1, -0.05) is 48.7 Å². The Hall–Kier alpha value is -2.10. The first kappa shape index (κ1) is 12.9. The molecular weight excluding hydrogens is 254 g/mol. The van der Waals surface area contributed by atoms with E-state index >= 15 is 0 Å². The molecule has 3 rings (SSSR count). The molecule has 0 radical (unpaired) electrons. The number of nitrogens with zero attached hydrogens (tertiary/aromatic N) is 1. The lowest BCUT2D eigenvalue weighted by Crippen LogP contribution is -2.04. The molecule has 1 aliphatic carbocycles. The van der Waals surface area contributed by atoms with Crippen molar-refractivity contribution in [2.75, 3.05) is 0 Å². The molecule has 1 N–H and O–H groups in total. The molecule has 0 atom stereocenters. The van der Waals surface area contributed by atoms with Gasteiger partial charge in [0.25, 0.3) is 0 Å². The first-order chi connectivity index (χ1) is 9.74. The summed E-state index contributed by atoms with van der Waals surface area (Å²) in [5.41, 5.74) is 2.83. The van der Waals surface area contributed by atoms with Crippen molar-refractivity contribution in [3.8, 4) is 11.3 Å². The van der Waals surface area contributed by atoms with E-state index in [9.17, 15) is 4.79 Å². The zero-order chi connectivity index (χ0) is 13.9. The van der Waals surface area contributed by atoms with Crippen LogP contribution in [-0.2, 0) is 0 Å². The molecule has 1 aromatic carbocycles. The van der Waals surface area contributed by atoms with Gasteiger partial charge in [0.15, 0.2) is 0 Å². The topological polar surface area (TPSA) is 63.3 Å². The zero-order valence-electron chi connectivity index (χ0n) is 11.2. The molecule has 0 bridgehead atoms. The van der Waals surface area contributed by atoms with Gasteiger partial charge in [-0.05, 0) is 24.3 Å². The van der Waals surface area contributed by atoms with Crippen molar-refractivity contribution in [2.45, 2.75) is 38.0 Å². The van der Waals surface area contributed by atoms with E-state index in [-0.39, 0.29) is 5.76 Å². The van der Waals surface area contributed by atoms with E-state index in [1.165, 1.54) is 43.7 Å². The monoisotopic (exact) mass is 271 g/mol. The Bertz CT molecular complexity index is 594. The molecule has 0 aliphatic heterocycles. The second-order valence-electron chi connectivity index (χ2n) is 5.34. The highest BCUT2D eigenvalue weighted by Gasteiger charge is 2.16. The number of rotatable bonds is 3. The number of benzene rings is 1. The molecule has 1 aliphatic rings. The number of hydrogen-bond acceptors (Lipinski definition) is 3. The molecule has 4 heteroatoms. The molecule has 0 saturated heterocycles. The van der Waals surface area contributed by atoms with Crippen molar-refractivity contribution >= 4 is 5.97 Å². The third kappa shape index (κ3) is 2.59. The van der Waals surface area contributed by atoms with Crippen LogP contribution in [-0.4, -0.2) is 16.2 Å². The third-order valence-electron chi connectivity index (χ3n) is 4.00. The standard InChI is InChI=1S/C16H17NO3/c18-16(19)15-10-14(17-20-15)13-8-6-12(7-9-13)11-4-2-1-3-5-11/h6-11H,1-5H2,(H,18,19). The molecule has 0 spiro atoms. The Balaban J connectivity index is 1.79. The highest BCUT2D eigenvalue weighted by molar-refractivity contribution is 5.85. The SMILES string of the molecule is O=C(O)c1cc(-c2ccc(C3CCCCC3)cc2)no1. The van der Waals surface area contributed by atoms with Gasteiger partial charge < -0.3 is 9.63 Å². The third-order valence-corrected chi connectivity index (χ3v) is 4.00. The van der Waals surface area contributed by atoms with Crippen LogP contribution in [0.4, 0.5) is 0 Å². The molecule has 104 valence electrons. The number of carboxylic acids is 1. The van der Waals surface area contributed by atoms with Crippen molar-refractivity contribution < 1.29 is 14.4 Å². The van der Waals surface area contributed by atoms with Crippen LogP contribution in [0.2, 0.25) is 0 Å². The van der Waals surface area contributed by atoms with E-state index in [0.717, 1.165) is 5.56 Å². The van der Waals surface area contributed by atoms with Gasteiger partial charge in [-0.2, -0.15) is 0 Å². The molecule has 20 heavy (non-hydrogen) atoms. The maximum Gasteiger partial charge on any atom is 0.374 e. The van der Waals surface area contributed by atoms with Crippen LogP contribution in [0, 0.1) is 0 Å². The molecular formula is C16H17NO3. The van der Waals surface area contributed by atoms with Gasteiger partial charge in [-0.25, -0.2) is 4.79 Å². The average molecular weight is 271 g/mol. The van der Waals surface area contributed by atoms with Gasteiger partial charge in [-0.15, -0.1) is 0 Å². The minimum absolute atomic E-state index is 0.128. The van der Waals surface area contributed by atoms with Crippen molar-refractivity contribution in [3.63, 3.8) is 0 Å². The Morgan fingerprint density at radius 3 is 2.45 bits per heavy atom. The van der Waals surface area contributed by atoms with Crippen LogP contribution in [0.25, 0.3) is 11.3 Å². The highest BCUT2D eigenvalue weighted by Crippen LogP contribution is 2.33. The molecule has 2 aromatic rings. The van der Waals surface area contributed by atoms with Gasteiger partial charge in [0.05, 0.1) is 0 Å². The smallest absolute Gasteiger partial charge is 0.374 e. The summed E-state index contributed by atoms with van der Waals surface area (Å²) in [6.45, 7) is 0. The van der Waals surface area contributed by atoms with Gasteiger partial charge in [-0.3, -0.25) is 0 Å². The quantitative estimate of drug-likeness (QED) is 0.913. The van der Waals surface area contributed by atoms with Gasteiger partial charge in [0, 0.05) is 11.6 Å². The van der Waals surface area contributed by atoms with Crippen molar-refractivity contribution in [3.05, 3.63) is 41.7 Å². The number of hydrogen-bond donors (Lipinski definition) is 1. The second kappa shape index (κ2) is 5.49. The largest absolute Gasteiger partial charge is 0.475 e.